The zero-order valence-corrected chi connectivity index (χ0v) is 21.9. The average Bonchev–Trinajstić information content (AvgIpc) is 3.41. The number of aliphatic hydroxyl groups excluding tert-OH is 1. The van der Waals surface area contributed by atoms with E-state index < -0.39 is 6.10 Å². The Morgan fingerprint density at radius 2 is 2.23 bits per heavy atom. The Hall–Kier alpha value is -2.70. The first-order chi connectivity index (χ1) is 16.6. The van der Waals surface area contributed by atoms with E-state index in [9.17, 15) is 14.7 Å². The molecule has 0 spiro atoms. The smallest absolute Gasteiger partial charge is 0.274 e. The molecule has 0 saturated heterocycles. The molecule has 0 aromatic carbocycles. The summed E-state index contributed by atoms with van der Waals surface area (Å²) in [6.45, 7) is 6.66. The molecule has 2 N–H and O–H groups in total. The summed E-state index contributed by atoms with van der Waals surface area (Å²) in [4.78, 5) is 33.3. The van der Waals surface area contributed by atoms with E-state index in [1.54, 1.807) is 22.6 Å². The second kappa shape index (κ2) is 9.75. The summed E-state index contributed by atoms with van der Waals surface area (Å²) < 4.78 is 1.78. The Labute approximate surface area is 211 Å². The number of carbonyl (C=O) groups is 2. The van der Waals surface area contributed by atoms with Gasteiger partial charge in [0.25, 0.3) is 5.91 Å². The number of rotatable bonds is 6. The van der Waals surface area contributed by atoms with Crippen LogP contribution in [0.1, 0.15) is 67.0 Å². The highest BCUT2D eigenvalue weighted by Gasteiger charge is 2.54. The number of nitriles is 1. The van der Waals surface area contributed by atoms with E-state index in [2.05, 4.69) is 25.2 Å². The fourth-order valence-electron chi connectivity index (χ4n) is 6.32. The molecule has 1 fully saturated rings. The van der Waals surface area contributed by atoms with Gasteiger partial charge in [0, 0.05) is 43.5 Å². The Balaban J connectivity index is 1.53. The maximum absolute atomic E-state index is 13.0. The number of aryl methyl sites for hydroxylation is 1. The van der Waals surface area contributed by atoms with Gasteiger partial charge in [-0.2, -0.15) is 5.26 Å². The molecule has 2 amide bonds. The van der Waals surface area contributed by atoms with Crippen LogP contribution in [0.2, 0.25) is 0 Å². The van der Waals surface area contributed by atoms with Gasteiger partial charge in [0.05, 0.1) is 24.3 Å². The molecule has 0 bridgehead atoms. The third-order valence-electron chi connectivity index (χ3n) is 8.29. The summed E-state index contributed by atoms with van der Waals surface area (Å²) in [5, 5.41) is 24.0. The molecule has 0 radical (unpaired) electrons. The van der Waals surface area contributed by atoms with Crippen molar-refractivity contribution in [2.75, 3.05) is 18.9 Å². The van der Waals surface area contributed by atoms with Crippen LogP contribution < -0.4 is 5.32 Å². The zero-order valence-electron chi connectivity index (χ0n) is 21.1. The van der Waals surface area contributed by atoms with Crippen LogP contribution in [0.3, 0.4) is 0 Å². The number of amides is 2. The van der Waals surface area contributed by atoms with Gasteiger partial charge in [0.1, 0.15) is 5.69 Å². The van der Waals surface area contributed by atoms with Gasteiger partial charge in [0.15, 0.2) is 5.13 Å². The predicted molar refractivity (Wildman–Crippen MR) is 135 cm³/mol. The molecule has 35 heavy (non-hydrogen) atoms. The van der Waals surface area contributed by atoms with Crippen LogP contribution in [-0.4, -0.2) is 51.1 Å². The summed E-state index contributed by atoms with van der Waals surface area (Å²) in [6, 6.07) is 5.69. The lowest BCUT2D eigenvalue weighted by Crippen LogP contribution is -2.53. The standard InChI is InChI=1S/C26H35N5O3S/c1-15(24(34)31(5)13-7-11-27)17-9-10-26(3)14-19-21(16(2)20(26)22(17)32)28-25(35-19)29-23(33)18-8-6-12-30(18)4/h6,8,12,15-17,20,22,32H,7,9-10,13-14H2,1-5H3,(H,28,29,33)/t15-,16-,17?,20+,22-,26-/m0/s1. The Morgan fingerprint density at radius 3 is 2.89 bits per heavy atom. The van der Waals surface area contributed by atoms with E-state index in [-0.39, 0.29) is 40.9 Å². The third kappa shape index (κ3) is 4.62. The first kappa shape index (κ1) is 25.4. The number of anilines is 1. The lowest BCUT2D eigenvalue weighted by atomic mass is 9.53. The van der Waals surface area contributed by atoms with Gasteiger partial charge < -0.3 is 14.6 Å². The fourth-order valence-corrected chi connectivity index (χ4v) is 7.58. The predicted octanol–water partition coefficient (Wildman–Crippen LogP) is 3.80. The lowest BCUT2D eigenvalue weighted by molar-refractivity contribution is -0.143. The summed E-state index contributed by atoms with van der Waals surface area (Å²) in [5.74, 6) is -0.667. The van der Waals surface area contributed by atoms with Gasteiger partial charge in [-0.1, -0.05) is 20.8 Å². The summed E-state index contributed by atoms with van der Waals surface area (Å²) in [5.41, 5.74) is 1.43. The molecule has 1 saturated carbocycles. The number of carbonyl (C=O) groups excluding carboxylic acids is 2. The van der Waals surface area contributed by atoms with Crippen molar-refractivity contribution in [2.45, 2.75) is 58.5 Å². The molecule has 2 aliphatic rings. The number of hydrogen-bond acceptors (Lipinski definition) is 6. The molecule has 2 heterocycles. The van der Waals surface area contributed by atoms with Crippen molar-refractivity contribution in [3.63, 3.8) is 0 Å². The van der Waals surface area contributed by atoms with Crippen LogP contribution in [0.25, 0.3) is 0 Å². The Kier molecular flexibility index (Phi) is 7.07. The lowest BCUT2D eigenvalue weighted by Gasteiger charge is -2.53. The number of fused-ring (bicyclic) bond motifs is 2. The number of nitrogens with one attached hydrogen (secondary N) is 1. The zero-order chi connectivity index (χ0) is 25.5. The van der Waals surface area contributed by atoms with Crippen LogP contribution in [0.15, 0.2) is 18.3 Å². The molecule has 9 heteroatoms. The van der Waals surface area contributed by atoms with Crippen molar-refractivity contribution >= 4 is 28.3 Å². The molecule has 1 unspecified atom stereocenters. The largest absolute Gasteiger partial charge is 0.392 e. The normalized spacial score (nSPS) is 28.4. The van der Waals surface area contributed by atoms with Crippen LogP contribution >= 0.6 is 11.3 Å². The van der Waals surface area contributed by atoms with Crippen molar-refractivity contribution < 1.29 is 14.7 Å². The second-order valence-corrected chi connectivity index (χ2v) is 11.7. The number of aromatic nitrogens is 2. The van der Waals surface area contributed by atoms with Crippen molar-refractivity contribution in [1.82, 2.24) is 14.5 Å². The van der Waals surface area contributed by atoms with Gasteiger partial charge >= 0.3 is 0 Å². The van der Waals surface area contributed by atoms with Gasteiger partial charge in [-0.15, -0.1) is 11.3 Å². The maximum atomic E-state index is 13.0. The highest BCUT2D eigenvalue weighted by Crippen LogP contribution is 2.57. The summed E-state index contributed by atoms with van der Waals surface area (Å²) in [6.07, 6.45) is 4.03. The van der Waals surface area contributed by atoms with Crippen molar-refractivity contribution in [3.05, 3.63) is 34.6 Å². The topological polar surface area (TPSA) is 111 Å². The van der Waals surface area contributed by atoms with E-state index in [4.69, 9.17) is 10.2 Å². The Bertz CT molecular complexity index is 1150. The van der Waals surface area contributed by atoms with Crippen molar-refractivity contribution in [2.24, 2.45) is 30.2 Å². The molecule has 2 aromatic rings. The van der Waals surface area contributed by atoms with Gasteiger partial charge in [-0.3, -0.25) is 14.9 Å². The number of thiazole rings is 1. The average molecular weight is 498 g/mol. The molecule has 2 aromatic heterocycles. The van der Waals surface area contributed by atoms with Crippen LogP contribution in [0.5, 0.6) is 0 Å². The highest BCUT2D eigenvalue weighted by atomic mass is 32.1. The third-order valence-corrected chi connectivity index (χ3v) is 9.27. The Morgan fingerprint density at radius 1 is 1.49 bits per heavy atom. The van der Waals surface area contributed by atoms with Crippen molar-refractivity contribution in [3.8, 4) is 6.07 Å². The minimum atomic E-state index is -0.622. The van der Waals surface area contributed by atoms with E-state index >= 15 is 0 Å². The highest BCUT2D eigenvalue weighted by molar-refractivity contribution is 7.15. The quantitative estimate of drug-likeness (QED) is 0.631. The molecule has 8 nitrogen and oxygen atoms in total. The second-order valence-electron chi connectivity index (χ2n) is 10.6. The molecule has 0 aliphatic heterocycles. The monoisotopic (exact) mass is 497 g/mol. The first-order valence-electron chi connectivity index (χ1n) is 12.3. The van der Waals surface area contributed by atoms with Crippen molar-refractivity contribution in [1.29, 1.82) is 5.26 Å². The molecule has 4 rings (SSSR count). The van der Waals surface area contributed by atoms with Crippen LogP contribution in [0, 0.1) is 34.5 Å². The van der Waals surface area contributed by atoms with Gasteiger partial charge in [0.2, 0.25) is 5.91 Å². The molecule has 2 aliphatic carbocycles. The fraction of sp³-hybridized carbons (Fsp3) is 0.615. The van der Waals surface area contributed by atoms with Gasteiger partial charge in [-0.25, -0.2) is 4.98 Å². The molecular formula is C26H35N5O3S. The van der Waals surface area contributed by atoms with E-state index in [0.717, 1.165) is 25.0 Å². The minimum absolute atomic E-state index is 0.0112. The first-order valence-corrected chi connectivity index (χ1v) is 13.1. The van der Waals surface area contributed by atoms with Crippen LogP contribution in [0.4, 0.5) is 5.13 Å². The number of hydrogen-bond donors (Lipinski definition) is 2. The maximum Gasteiger partial charge on any atom is 0.274 e. The summed E-state index contributed by atoms with van der Waals surface area (Å²) >= 11 is 1.53. The number of aliphatic hydroxyl groups is 1. The molecular weight excluding hydrogens is 462 g/mol. The van der Waals surface area contributed by atoms with Crippen LogP contribution in [-0.2, 0) is 18.3 Å². The van der Waals surface area contributed by atoms with Gasteiger partial charge in [-0.05, 0) is 48.6 Å². The van der Waals surface area contributed by atoms with E-state index in [1.165, 1.54) is 16.2 Å². The molecule has 188 valence electrons. The van der Waals surface area contributed by atoms with E-state index in [1.807, 2.05) is 26.2 Å². The SMILES string of the molecule is C[C@H](C(=O)N(C)CCC#N)C1CC[C@@]2(C)Cc3sc(NC(=O)c4cccn4C)nc3[C@@H](C)[C@@H]2[C@H]1O. The minimum Gasteiger partial charge on any atom is -0.392 e. The molecule has 6 atom stereocenters. The number of nitrogens with zero attached hydrogens (tertiary/aromatic N) is 4. The summed E-state index contributed by atoms with van der Waals surface area (Å²) in [7, 11) is 3.56. The van der Waals surface area contributed by atoms with E-state index in [0.29, 0.717) is 23.8 Å².